The van der Waals surface area contributed by atoms with E-state index >= 15 is 0 Å². The van der Waals surface area contributed by atoms with Crippen molar-refractivity contribution in [1.29, 1.82) is 0 Å². The highest BCUT2D eigenvalue weighted by Crippen LogP contribution is 2.18. The fourth-order valence-corrected chi connectivity index (χ4v) is 6.58. The summed E-state index contributed by atoms with van der Waals surface area (Å²) < 4.78 is 33.9. The van der Waals surface area contributed by atoms with E-state index in [1.807, 2.05) is 0 Å². The number of hydrogen-bond donors (Lipinski definition) is 0. The Labute approximate surface area is 53.5 Å². The highest BCUT2D eigenvalue weighted by molar-refractivity contribution is 7.23. The summed E-state index contributed by atoms with van der Waals surface area (Å²) in [6.45, 7) is 0. The van der Waals surface area contributed by atoms with Crippen molar-refractivity contribution in [3.05, 3.63) is 0 Å². The number of hydrogen-bond acceptors (Lipinski definition) is 0. The standard InChI is InChI=1S/C2H9F3Si3/c3-2(4,5)1-7-8-6/h1,7-8H2,6H3. The van der Waals surface area contributed by atoms with E-state index < -0.39 is 21.3 Å². The van der Waals surface area contributed by atoms with Gasteiger partial charge in [-0.1, -0.05) is 0 Å². The zero-order chi connectivity index (χ0) is 6.62. The van der Waals surface area contributed by atoms with Gasteiger partial charge in [-0.3, -0.25) is 0 Å². The van der Waals surface area contributed by atoms with Gasteiger partial charge in [0.25, 0.3) is 0 Å². The van der Waals surface area contributed by atoms with E-state index in [0.717, 1.165) is 9.76 Å². The van der Waals surface area contributed by atoms with E-state index in [9.17, 15) is 13.2 Å². The van der Waals surface area contributed by atoms with Crippen molar-refractivity contribution in [1.82, 2.24) is 0 Å². The third kappa shape index (κ3) is 6.44. The summed E-state index contributed by atoms with van der Waals surface area (Å²) in [4.78, 5) is 0. The molecule has 0 nitrogen and oxygen atoms in total. The molecule has 0 atom stereocenters. The van der Waals surface area contributed by atoms with Gasteiger partial charge in [-0.15, -0.1) is 0 Å². The summed E-state index contributed by atoms with van der Waals surface area (Å²) in [5.41, 5.74) is 0. The minimum absolute atomic E-state index is 0.108. The predicted octanol–water partition coefficient (Wildman–Crippen LogP) is -1.50. The van der Waals surface area contributed by atoms with Crippen molar-refractivity contribution in [2.45, 2.75) is 12.2 Å². The summed E-state index contributed by atoms with van der Waals surface area (Å²) in [5, 5.41) is 0. The lowest BCUT2D eigenvalue weighted by Gasteiger charge is -2.01. The van der Waals surface area contributed by atoms with Crippen molar-refractivity contribution in [2.24, 2.45) is 0 Å². The van der Waals surface area contributed by atoms with Crippen LogP contribution in [0, 0.1) is 0 Å². The zero-order valence-corrected chi connectivity index (χ0v) is 9.58. The van der Waals surface area contributed by atoms with Gasteiger partial charge < -0.3 is 0 Å². The molecular formula is C2H9F3Si3. The molecule has 8 heavy (non-hydrogen) atoms. The molecule has 0 aliphatic heterocycles. The molecule has 0 aromatic carbocycles. The first-order chi connectivity index (χ1) is 3.56. The lowest BCUT2D eigenvalue weighted by molar-refractivity contribution is -0.109. The SMILES string of the molecule is FC(F)(F)C[SiH2][SiH2][SiH3]. The molecule has 0 heterocycles. The summed E-state index contributed by atoms with van der Waals surface area (Å²) in [6.07, 6.45) is -3.83. The van der Waals surface area contributed by atoms with E-state index in [2.05, 4.69) is 0 Å². The summed E-state index contributed by atoms with van der Waals surface area (Å²) in [5.74, 6) is 0. The molecule has 6 heteroatoms. The third-order valence-corrected chi connectivity index (χ3v) is 12.0. The Kier molecular flexibility index (Phi) is 3.65. The lowest BCUT2D eigenvalue weighted by atomic mass is 10.8. The third-order valence-electron chi connectivity index (χ3n) is 0.814. The molecular weight excluding hydrogens is 165 g/mol. The van der Waals surface area contributed by atoms with Crippen LogP contribution in [0.2, 0.25) is 6.04 Å². The van der Waals surface area contributed by atoms with Crippen LogP contribution < -0.4 is 0 Å². The van der Waals surface area contributed by atoms with Crippen molar-refractivity contribution < 1.29 is 13.2 Å². The smallest absolute Gasteiger partial charge is 0.172 e. The van der Waals surface area contributed by atoms with E-state index in [-0.39, 0.29) is 8.55 Å². The molecule has 0 saturated heterocycles. The minimum atomic E-state index is -3.83. The van der Waals surface area contributed by atoms with E-state index in [1.54, 1.807) is 0 Å². The van der Waals surface area contributed by atoms with Gasteiger partial charge in [-0.2, -0.15) is 13.2 Å². The normalized spacial score (nSPS) is 15.4. The van der Waals surface area contributed by atoms with Crippen LogP contribution >= 0.6 is 0 Å². The van der Waals surface area contributed by atoms with E-state index in [0.29, 0.717) is 0 Å². The van der Waals surface area contributed by atoms with Gasteiger partial charge in [0.2, 0.25) is 0 Å². The summed E-state index contributed by atoms with van der Waals surface area (Å²) in [6, 6.07) is -0.400. The van der Waals surface area contributed by atoms with Crippen molar-refractivity contribution >= 4 is 27.4 Å². The molecule has 0 spiro atoms. The second-order valence-corrected chi connectivity index (χ2v) is 18.0. The molecule has 0 aromatic rings. The fraction of sp³-hybridized carbons (Fsp3) is 1.00. The maximum atomic E-state index is 11.3. The second kappa shape index (κ2) is 3.46. The van der Waals surface area contributed by atoms with Crippen LogP contribution in [-0.4, -0.2) is 33.5 Å². The number of halogens is 3. The molecule has 0 saturated carbocycles. The van der Waals surface area contributed by atoms with Crippen LogP contribution in [0.25, 0.3) is 0 Å². The molecule has 0 bridgehead atoms. The fourth-order valence-electron chi connectivity index (χ4n) is 0.377. The first-order valence-electron chi connectivity index (χ1n) is 2.63. The van der Waals surface area contributed by atoms with Gasteiger partial charge in [0.15, 0.2) is 0 Å². The van der Waals surface area contributed by atoms with Gasteiger partial charge in [-0.05, 0) is 18.3 Å². The van der Waals surface area contributed by atoms with Crippen LogP contribution in [0.3, 0.4) is 0 Å². The van der Waals surface area contributed by atoms with Crippen LogP contribution in [0.4, 0.5) is 13.2 Å². The average molecular weight is 174 g/mol. The molecule has 0 aromatic heterocycles. The maximum absolute atomic E-state index is 11.3. The molecule has 50 valence electrons. The Hall–Kier alpha value is 0.441. The lowest BCUT2D eigenvalue weighted by Crippen LogP contribution is -2.15. The van der Waals surface area contributed by atoms with Crippen LogP contribution in [-0.2, 0) is 0 Å². The van der Waals surface area contributed by atoms with Gasteiger partial charge in [0.05, 0.1) is 0 Å². The molecule has 0 aliphatic rings. The van der Waals surface area contributed by atoms with Crippen molar-refractivity contribution in [3.8, 4) is 0 Å². The Morgan fingerprint density at radius 3 is 2.00 bits per heavy atom. The van der Waals surface area contributed by atoms with E-state index in [1.165, 1.54) is 0 Å². The summed E-state index contributed by atoms with van der Waals surface area (Å²) >= 11 is 0. The van der Waals surface area contributed by atoms with Gasteiger partial charge in [-0.25, -0.2) is 0 Å². The van der Waals surface area contributed by atoms with Crippen LogP contribution in [0.15, 0.2) is 0 Å². The maximum Gasteiger partial charge on any atom is 0.386 e. The molecule has 0 N–H and O–H groups in total. The molecule has 0 rings (SSSR count). The summed E-state index contributed by atoms with van der Waals surface area (Å²) in [7, 11) is 0.368. The number of alkyl halides is 3. The molecule has 0 unspecified atom stereocenters. The molecule has 0 amide bonds. The highest BCUT2D eigenvalue weighted by atomic mass is 29.5. The first-order valence-corrected chi connectivity index (χ1v) is 13.3. The molecule has 0 aliphatic carbocycles. The number of rotatable bonds is 2. The Balaban J connectivity index is 3.11. The molecule has 0 fully saturated rings. The largest absolute Gasteiger partial charge is 0.386 e. The topological polar surface area (TPSA) is 0 Å². The average Bonchev–Trinajstić information content (AvgIpc) is 1.59. The Bertz CT molecular complexity index is 60.0. The highest BCUT2D eigenvalue weighted by Gasteiger charge is 2.25. The zero-order valence-electron chi connectivity index (χ0n) is 4.76. The first kappa shape index (κ1) is 8.44. The van der Waals surface area contributed by atoms with Crippen LogP contribution in [0.1, 0.15) is 0 Å². The minimum Gasteiger partial charge on any atom is -0.172 e. The van der Waals surface area contributed by atoms with Crippen molar-refractivity contribution in [2.75, 3.05) is 0 Å². The second-order valence-electron chi connectivity index (χ2n) is 1.72. The Morgan fingerprint density at radius 1 is 1.38 bits per heavy atom. The van der Waals surface area contributed by atoms with Crippen molar-refractivity contribution in [3.63, 3.8) is 0 Å². The van der Waals surface area contributed by atoms with Gasteiger partial charge in [0, 0.05) is 15.1 Å². The quantitative estimate of drug-likeness (QED) is 0.447. The monoisotopic (exact) mass is 174 g/mol. The predicted molar refractivity (Wildman–Crippen MR) is 37.9 cm³/mol. The van der Waals surface area contributed by atoms with Gasteiger partial charge in [0.1, 0.15) is 0 Å². The van der Waals surface area contributed by atoms with E-state index in [4.69, 9.17) is 0 Å². The molecule has 0 radical (unpaired) electrons. The Morgan fingerprint density at radius 2 is 1.88 bits per heavy atom. The van der Waals surface area contributed by atoms with Crippen LogP contribution in [0.5, 0.6) is 0 Å². The van der Waals surface area contributed by atoms with Gasteiger partial charge >= 0.3 is 6.18 Å².